The molecule has 0 spiro atoms. The largest absolute Gasteiger partial charge is 0.423 e. The number of hydrogen-bond acceptors (Lipinski definition) is 6. The van der Waals surface area contributed by atoms with Crippen molar-refractivity contribution in [1.82, 2.24) is 15.0 Å². The van der Waals surface area contributed by atoms with Gasteiger partial charge in [-0.3, -0.25) is 0 Å². The number of rotatable bonds is 7. The van der Waals surface area contributed by atoms with Gasteiger partial charge in [0.1, 0.15) is 22.5 Å². The van der Waals surface area contributed by atoms with Gasteiger partial charge in [-0.05, 0) is 78.6 Å². The number of hydrogen-bond donors (Lipinski definition) is 0. The third-order valence-electron chi connectivity index (χ3n) is 6.10. The first-order valence-electron chi connectivity index (χ1n) is 12.2. The molecule has 0 aliphatic carbocycles. The van der Waals surface area contributed by atoms with E-state index in [9.17, 15) is 9.59 Å². The molecule has 7 nitrogen and oxygen atoms in total. The number of carbonyl (C=O) groups is 2. The molecule has 0 saturated carbocycles. The van der Waals surface area contributed by atoms with Crippen molar-refractivity contribution >= 4 is 34.6 Å². The Morgan fingerprint density at radius 1 is 0.711 bits per heavy atom. The predicted molar refractivity (Wildman–Crippen MR) is 145 cm³/mol. The van der Waals surface area contributed by atoms with E-state index in [0.29, 0.717) is 32.9 Å². The lowest BCUT2D eigenvalue weighted by Gasteiger charge is -2.12. The fourth-order valence-corrected chi connectivity index (χ4v) is 4.04. The quantitative estimate of drug-likeness (QED) is 0.175. The van der Waals surface area contributed by atoms with E-state index in [-0.39, 0.29) is 11.5 Å². The van der Waals surface area contributed by atoms with Crippen LogP contribution in [0.1, 0.15) is 45.7 Å². The Labute approximate surface area is 224 Å². The molecule has 0 radical (unpaired) electrons. The second-order valence-corrected chi connectivity index (χ2v) is 9.07. The van der Waals surface area contributed by atoms with Gasteiger partial charge in [-0.2, -0.15) is 0 Å². The zero-order valence-electron chi connectivity index (χ0n) is 20.8. The monoisotopic (exact) mass is 525 g/mol. The number of aromatic nitrogens is 3. The van der Waals surface area contributed by atoms with Crippen LogP contribution >= 0.6 is 11.6 Å². The van der Waals surface area contributed by atoms with Crippen molar-refractivity contribution in [3.8, 4) is 17.2 Å². The molecule has 5 aromatic rings. The van der Waals surface area contributed by atoms with Crippen molar-refractivity contribution in [3.05, 3.63) is 112 Å². The highest BCUT2D eigenvalue weighted by molar-refractivity contribution is 6.31. The third kappa shape index (κ3) is 5.43. The van der Waals surface area contributed by atoms with Crippen LogP contribution in [0.4, 0.5) is 0 Å². The normalized spacial score (nSPS) is 10.9. The Morgan fingerprint density at radius 2 is 1.29 bits per heavy atom. The fraction of sp³-hybridized carbons (Fsp3) is 0.133. The summed E-state index contributed by atoms with van der Waals surface area (Å²) in [6, 6.07) is 24.3. The molecule has 0 unspecified atom stereocenters. The number of nitrogens with zero attached hydrogens (tertiary/aromatic N) is 3. The summed E-state index contributed by atoms with van der Waals surface area (Å²) in [5.41, 5.74) is 4.61. The summed E-state index contributed by atoms with van der Waals surface area (Å²) in [5.74, 6) is -0.743. The predicted octanol–water partition coefficient (Wildman–Crippen LogP) is 6.64. The fourth-order valence-electron chi connectivity index (χ4n) is 3.88. The summed E-state index contributed by atoms with van der Waals surface area (Å²) >= 11 is 6.11. The lowest BCUT2D eigenvalue weighted by Crippen LogP contribution is -2.13. The molecule has 8 heteroatoms. The van der Waals surface area contributed by atoms with Gasteiger partial charge in [0.15, 0.2) is 5.75 Å². The summed E-state index contributed by atoms with van der Waals surface area (Å²) in [7, 11) is 0. The lowest BCUT2D eigenvalue weighted by molar-refractivity contribution is 0.0732. The SMILES string of the molecule is CCc1ccc(C(=O)Oc2ccc(-n3nc4ccc(Cl)cc4n3)c(OC(=O)c3ccc(CC)cc3)c2)cc1. The number of halogens is 1. The summed E-state index contributed by atoms with van der Waals surface area (Å²) in [6.07, 6.45) is 1.73. The minimum Gasteiger partial charge on any atom is -0.423 e. The molecule has 0 saturated heterocycles. The smallest absolute Gasteiger partial charge is 0.343 e. The lowest BCUT2D eigenvalue weighted by atomic mass is 10.1. The Balaban J connectivity index is 1.49. The van der Waals surface area contributed by atoms with E-state index in [1.807, 2.05) is 38.1 Å². The number of esters is 2. The Kier molecular flexibility index (Phi) is 7.20. The van der Waals surface area contributed by atoms with Crippen LogP contribution in [0.2, 0.25) is 5.02 Å². The molecule has 190 valence electrons. The summed E-state index contributed by atoms with van der Waals surface area (Å²) in [5, 5.41) is 9.50. The highest BCUT2D eigenvalue weighted by atomic mass is 35.5. The Hall–Kier alpha value is -4.49. The van der Waals surface area contributed by atoms with Crippen LogP contribution in [-0.4, -0.2) is 26.9 Å². The standard InChI is InChI=1S/C30H24ClN3O4/c1-3-19-5-9-21(10-6-19)29(35)37-24-14-16-27(34-32-25-15-13-23(31)17-26(25)33-34)28(18-24)38-30(36)22-11-7-20(4-2)8-12-22/h5-18H,3-4H2,1-2H3. The zero-order valence-corrected chi connectivity index (χ0v) is 21.6. The van der Waals surface area contributed by atoms with Crippen molar-refractivity contribution in [3.63, 3.8) is 0 Å². The first-order chi connectivity index (χ1) is 18.4. The first-order valence-corrected chi connectivity index (χ1v) is 12.6. The van der Waals surface area contributed by atoms with Crippen LogP contribution in [-0.2, 0) is 12.8 Å². The van der Waals surface area contributed by atoms with Gasteiger partial charge in [0.2, 0.25) is 0 Å². The summed E-state index contributed by atoms with van der Waals surface area (Å²) in [6.45, 7) is 4.08. The Bertz CT molecular complexity index is 1630. The average Bonchev–Trinajstić information content (AvgIpc) is 3.36. The molecular formula is C30H24ClN3O4. The number of carbonyl (C=O) groups excluding carboxylic acids is 2. The molecule has 1 heterocycles. The zero-order chi connectivity index (χ0) is 26.6. The van der Waals surface area contributed by atoms with Crippen molar-refractivity contribution in [2.45, 2.75) is 26.7 Å². The topological polar surface area (TPSA) is 83.3 Å². The van der Waals surface area contributed by atoms with Crippen molar-refractivity contribution in [1.29, 1.82) is 0 Å². The molecule has 1 aromatic heterocycles. The first kappa shape index (κ1) is 25.2. The van der Waals surface area contributed by atoms with Crippen molar-refractivity contribution in [2.24, 2.45) is 0 Å². The van der Waals surface area contributed by atoms with Crippen LogP contribution in [0.5, 0.6) is 11.5 Å². The molecular weight excluding hydrogens is 502 g/mol. The van der Waals surface area contributed by atoms with E-state index >= 15 is 0 Å². The van der Waals surface area contributed by atoms with Gasteiger partial charge in [-0.25, -0.2) is 9.59 Å². The van der Waals surface area contributed by atoms with E-state index in [1.54, 1.807) is 54.6 Å². The third-order valence-corrected chi connectivity index (χ3v) is 6.33. The van der Waals surface area contributed by atoms with Crippen molar-refractivity contribution < 1.29 is 19.1 Å². The molecule has 0 aliphatic rings. The molecule has 0 N–H and O–H groups in total. The molecule has 0 amide bonds. The highest BCUT2D eigenvalue weighted by Gasteiger charge is 2.18. The van der Waals surface area contributed by atoms with E-state index in [0.717, 1.165) is 24.0 Å². The van der Waals surface area contributed by atoms with Crippen LogP contribution in [0.3, 0.4) is 0 Å². The maximum Gasteiger partial charge on any atom is 0.343 e. The van der Waals surface area contributed by atoms with Gasteiger partial charge < -0.3 is 9.47 Å². The average molecular weight is 526 g/mol. The molecule has 0 aliphatic heterocycles. The highest BCUT2D eigenvalue weighted by Crippen LogP contribution is 2.30. The summed E-state index contributed by atoms with van der Waals surface area (Å²) < 4.78 is 11.4. The number of aryl methyl sites for hydroxylation is 2. The van der Waals surface area contributed by atoms with Gasteiger partial charge in [0, 0.05) is 11.1 Å². The second-order valence-electron chi connectivity index (χ2n) is 8.63. The molecule has 4 aromatic carbocycles. The molecule has 5 rings (SSSR count). The number of benzene rings is 4. The van der Waals surface area contributed by atoms with Gasteiger partial charge >= 0.3 is 11.9 Å². The molecule has 0 bridgehead atoms. The van der Waals surface area contributed by atoms with Crippen LogP contribution in [0.25, 0.3) is 16.7 Å². The maximum absolute atomic E-state index is 13.0. The number of ether oxygens (including phenoxy) is 2. The van der Waals surface area contributed by atoms with E-state index in [1.165, 1.54) is 10.9 Å². The minimum absolute atomic E-state index is 0.132. The van der Waals surface area contributed by atoms with Crippen LogP contribution in [0, 0.1) is 0 Å². The second kappa shape index (κ2) is 10.9. The minimum atomic E-state index is -0.563. The van der Waals surface area contributed by atoms with Crippen LogP contribution in [0.15, 0.2) is 84.9 Å². The number of fused-ring (bicyclic) bond motifs is 1. The van der Waals surface area contributed by atoms with E-state index < -0.39 is 11.9 Å². The molecule has 0 fully saturated rings. The summed E-state index contributed by atoms with van der Waals surface area (Å²) in [4.78, 5) is 27.2. The molecule has 0 atom stereocenters. The van der Waals surface area contributed by atoms with Gasteiger partial charge in [-0.15, -0.1) is 15.0 Å². The van der Waals surface area contributed by atoms with Gasteiger partial charge in [0.25, 0.3) is 0 Å². The van der Waals surface area contributed by atoms with Gasteiger partial charge in [0.05, 0.1) is 11.1 Å². The van der Waals surface area contributed by atoms with Crippen LogP contribution < -0.4 is 9.47 Å². The Morgan fingerprint density at radius 3 is 1.89 bits per heavy atom. The maximum atomic E-state index is 13.0. The van der Waals surface area contributed by atoms with E-state index in [4.69, 9.17) is 21.1 Å². The van der Waals surface area contributed by atoms with Gasteiger partial charge in [-0.1, -0.05) is 49.7 Å². The molecule has 38 heavy (non-hydrogen) atoms. The van der Waals surface area contributed by atoms with E-state index in [2.05, 4.69) is 10.2 Å². The van der Waals surface area contributed by atoms with Crippen molar-refractivity contribution in [2.75, 3.05) is 0 Å².